The normalized spacial score (nSPS) is 22.5. The molecule has 2 heterocycles. The van der Waals surface area contributed by atoms with Crippen molar-refractivity contribution in [3.05, 3.63) is 23.7 Å². The highest BCUT2D eigenvalue weighted by Gasteiger charge is 2.16. The Kier molecular flexibility index (Phi) is 4.02. The first kappa shape index (κ1) is 11.7. The average Bonchev–Trinajstić information content (AvgIpc) is 2.88. The molecule has 2 atom stereocenters. The summed E-state index contributed by atoms with van der Waals surface area (Å²) in [4.78, 5) is 0. The van der Waals surface area contributed by atoms with Crippen molar-refractivity contribution in [1.82, 2.24) is 5.32 Å². The topological polar surface area (TPSA) is 34.4 Å². The van der Waals surface area contributed by atoms with E-state index >= 15 is 0 Å². The standard InChI is InChI=1S/C13H21NO2/c1-10-6-9-16-13(10)11(2)14-7-5-12-4-3-8-15-12/h6,9,11-12,14H,3-5,7-8H2,1-2H3. The first-order valence-corrected chi connectivity index (χ1v) is 6.16. The van der Waals surface area contributed by atoms with E-state index in [-0.39, 0.29) is 6.04 Å². The second kappa shape index (κ2) is 5.51. The van der Waals surface area contributed by atoms with Crippen molar-refractivity contribution in [3.63, 3.8) is 0 Å². The number of aryl methyl sites for hydroxylation is 1. The zero-order chi connectivity index (χ0) is 11.4. The van der Waals surface area contributed by atoms with E-state index in [0.717, 1.165) is 25.3 Å². The molecule has 1 N–H and O–H groups in total. The van der Waals surface area contributed by atoms with Gasteiger partial charge >= 0.3 is 0 Å². The Labute approximate surface area is 97.2 Å². The summed E-state index contributed by atoms with van der Waals surface area (Å²) in [6, 6.07) is 2.30. The van der Waals surface area contributed by atoms with Gasteiger partial charge in [-0.2, -0.15) is 0 Å². The summed E-state index contributed by atoms with van der Waals surface area (Å²) in [6.45, 7) is 6.15. The van der Waals surface area contributed by atoms with Crippen LogP contribution in [0.5, 0.6) is 0 Å². The van der Waals surface area contributed by atoms with E-state index in [2.05, 4.69) is 19.2 Å². The molecule has 3 heteroatoms. The fraction of sp³-hybridized carbons (Fsp3) is 0.692. The molecule has 1 aliphatic heterocycles. The molecule has 0 amide bonds. The summed E-state index contributed by atoms with van der Waals surface area (Å²) in [7, 11) is 0. The highest BCUT2D eigenvalue weighted by atomic mass is 16.5. The Bertz CT molecular complexity index is 315. The number of hydrogen-bond donors (Lipinski definition) is 1. The van der Waals surface area contributed by atoms with Gasteiger partial charge in [0.05, 0.1) is 18.4 Å². The van der Waals surface area contributed by atoms with Gasteiger partial charge in [0.15, 0.2) is 0 Å². The Morgan fingerprint density at radius 3 is 3.06 bits per heavy atom. The lowest BCUT2D eigenvalue weighted by Gasteiger charge is -2.14. The third-order valence-corrected chi connectivity index (χ3v) is 3.24. The number of hydrogen-bond acceptors (Lipinski definition) is 3. The van der Waals surface area contributed by atoms with E-state index < -0.39 is 0 Å². The second-order valence-electron chi connectivity index (χ2n) is 4.57. The Balaban J connectivity index is 1.71. The molecule has 1 aromatic heterocycles. The van der Waals surface area contributed by atoms with Gasteiger partial charge in [0, 0.05) is 6.61 Å². The van der Waals surface area contributed by atoms with Crippen LogP contribution in [0.1, 0.15) is 43.6 Å². The molecule has 1 aliphatic rings. The van der Waals surface area contributed by atoms with E-state index in [9.17, 15) is 0 Å². The van der Waals surface area contributed by atoms with Crippen LogP contribution in [0, 0.1) is 6.92 Å². The van der Waals surface area contributed by atoms with Crippen LogP contribution in [0.4, 0.5) is 0 Å². The van der Waals surface area contributed by atoms with Crippen LogP contribution in [0.15, 0.2) is 16.7 Å². The van der Waals surface area contributed by atoms with Crippen molar-refractivity contribution in [2.75, 3.05) is 13.2 Å². The number of nitrogens with one attached hydrogen (secondary N) is 1. The lowest BCUT2D eigenvalue weighted by molar-refractivity contribution is 0.103. The quantitative estimate of drug-likeness (QED) is 0.833. The molecular weight excluding hydrogens is 202 g/mol. The summed E-state index contributed by atoms with van der Waals surface area (Å²) < 4.78 is 11.0. The Hall–Kier alpha value is -0.800. The molecule has 0 bridgehead atoms. The molecule has 1 aromatic rings. The van der Waals surface area contributed by atoms with Gasteiger partial charge in [-0.15, -0.1) is 0 Å². The van der Waals surface area contributed by atoms with Gasteiger partial charge in [-0.05, 0) is 51.3 Å². The summed E-state index contributed by atoms with van der Waals surface area (Å²) >= 11 is 0. The molecule has 0 aliphatic carbocycles. The van der Waals surface area contributed by atoms with Crippen LogP contribution in [0.25, 0.3) is 0 Å². The monoisotopic (exact) mass is 223 g/mol. The van der Waals surface area contributed by atoms with E-state index in [4.69, 9.17) is 9.15 Å². The van der Waals surface area contributed by atoms with Crippen molar-refractivity contribution in [3.8, 4) is 0 Å². The average molecular weight is 223 g/mol. The molecule has 0 spiro atoms. The number of ether oxygens (including phenoxy) is 1. The van der Waals surface area contributed by atoms with Gasteiger partial charge in [-0.25, -0.2) is 0 Å². The van der Waals surface area contributed by atoms with Crippen molar-refractivity contribution >= 4 is 0 Å². The highest BCUT2D eigenvalue weighted by Crippen LogP contribution is 2.19. The van der Waals surface area contributed by atoms with Crippen LogP contribution in [0.2, 0.25) is 0 Å². The van der Waals surface area contributed by atoms with Gasteiger partial charge in [-0.1, -0.05) is 0 Å². The molecule has 90 valence electrons. The Morgan fingerprint density at radius 2 is 2.44 bits per heavy atom. The van der Waals surface area contributed by atoms with Gasteiger partial charge in [0.1, 0.15) is 5.76 Å². The van der Waals surface area contributed by atoms with Crippen LogP contribution in [0.3, 0.4) is 0 Å². The van der Waals surface area contributed by atoms with E-state index in [1.165, 1.54) is 18.4 Å². The zero-order valence-corrected chi connectivity index (χ0v) is 10.2. The predicted octanol–water partition coefficient (Wildman–Crippen LogP) is 2.81. The van der Waals surface area contributed by atoms with Crippen molar-refractivity contribution in [2.24, 2.45) is 0 Å². The fourth-order valence-electron chi connectivity index (χ4n) is 2.25. The van der Waals surface area contributed by atoms with Crippen molar-refractivity contribution in [1.29, 1.82) is 0 Å². The minimum Gasteiger partial charge on any atom is -0.467 e. The number of furan rings is 1. The van der Waals surface area contributed by atoms with Crippen LogP contribution in [-0.4, -0.2) is 19.3 Å². The molecule has 1 saturated heterocycles. The summed E-state index contributed by atoms with van der Waals surface area (Å²) in [5, 5.41) is 3.48. The zero-order valence-electron chi connectivity index (χ0n) is 10.2. The molecule has 0 aromatic carbocycles. The minimum absolute atomic E-state index is 0.288. The second-order valence-corrected chi connectivity index (χ2v) is 4.57. The minimum atomic E-state index is 0.288. The first-order chi connectivity index (χ1) is 7.77. The maximum atomic E-state index is 5.59. The van der Waals surface area contributed by atoms with Crippen LogP contribution in [-0.2, 0) is 4.74 Å². The summed E-state index contributed by atoms with van der Waals surface area (Å²) in [5.41, 5.74) is 1.22. The van der Waals surface area contributed by atoms with Gasteiger partial charge in [0.25, 0.3) is 0 Å². The maximum Gasteiger partial charge on any atom is 0.123 e. The third-order valence-electron chi connectivity index (χ3n) is 3.24. The predicted molar refractivity (Wildman–Crippen MR) is 63.5 cm³/mol. The SMILES string of the molecule is Cc1ccoc1C(C)NCCC1CCCO1. The van der Waals surface area contributed by atoms with Gasteiger partial charge in [-0.3, -0.25) is 0 Å². The number of rotatable bonds is 5. The van der Waals surface area contributed by atoms with Crippen molar-refractivity contribution < 1.29 is 9.15 Å². The first-order valence-electron chi connectivity index (χ1n) is 6.16. The molecule has 2 rings (SSSR count). The summed E-state index contributed by atoms with van der Waals surface area (Å²) in [6.07, 6.45) is 5.76. The lowest BCUT2D eigenvalue weighted by Crippen LogP contribution is -2.23. The van der Waals surface area contributed by atoms with E-state index in [1.807, 2.05) is 6.07 Å². The van der Waals surface area contributed by atoms with E-state index in [1.54, 1.807) is 6.26 Å². The van der Waals surface area contributed by atoms with Crippen LogP contribution >= 0.6 is 0 Å². The lowest BCUT2D eigenvalue weighted by atomic mass is 10.1. The van der Waals surface area contributed by atoms with E-state index in [0.29, 0.717) is 6.10 Å². The molecule has 1 fully saturated rings. The molecule has 0 radical (unpaired) electrons. The fourth-order valence-corrected chi connectivity index (χ4v) is 2.25. The van der Waals surface area contributed by atoms with Crippen LogP contribution < -0.4 is 5.32 Å². The molecular formula is C13H21NO2. The Morgan fingerprint density at radius 1 is 1.56 bits per heavy atom. The molecule has 2 unspecified atom stereocenters. The molecule has 3 nitrogen and oxygen atoms in total. The highest BCUT2D eigenvalue weighted by molar-refractivity contribution is 5.17. The smallest absolute Gasteiger partial charge is 0.123 e. The van der Waals surface area contributed by atoms with Crippen molar-refractivity contribution in [2.45, 2.75) is 45.3 Å². The maximum absolute atomic E-state index is 5.59. The van der Waals surface area contributed by atoms with Gasteiger partial charge < -0.3 is 14.5 Å². The summed E-state index contributed by atoms with van der Waals surface area (Å²) in [5.74, 6) is 1.05. The molecule has 0 saturated carbocycles. The largest absolute Gasteiger partial charge is 0.467 e. The van der Waals surface area contributed by atoms with Gasteiger partial charge in [0.2, 0.25) is 0 Å². The molecule has 16 heavy (non-hydrogen) atoms. The third kappa shape index (κ3) is 2.86.